The summed E-state index contributed by atoms with van der Waals surface area (Å²) in [4.78, 5) is 6.46. The Bertz CT molecular complexity index is 600. The first-order valence-corrected chi connectivity index (χ1v) is 4.90. The first-order valence-electron chi connectivity index (χ1n) is 4.90. The predicted molar refractivity (Wildman–Crippen MR) is 53.5 cm³/mol. The number of nitrogens with zero attached hydrogens (tertiary/aromatic N) is 2. The van der Waals surface area contributed by atoms with E-state index in [1.54, 1.807) is 0 Å². The standard InChI is InChI=1S/C11H5F5N2O/c12-6-2-1-3-7(9(6)13)19-10-17-5-4-8(18-10)11(14,15)16/h1-5H. The number of ether oxygens (including phenoxy) is 1. The summed E-state index contributed by atoms with van der Waals surface area (Å²) in [6, 6.07) is 2.94. The van der Waals surface area contributed by atoms with Crippen LogP contribution in [0.4, 0.5) is 22.0 Å². The zero-order chi connectivity index (χ0) is 14.0. The van der Waals surface area contributed by atoms with Crippen LogP contribution in [0.3, 0.4) is 0 Å². The minimum atomic E-state index is -4.68. The van der Waals surface area contributed by atoms with Crippen LogP contribution in [0.15, 0.2) is 30.5 Å². The minimum Gasteiger partial charge on any atom is -0.421 e. The molecule has 0 unspecified atom stereocenters. The lowest BCUT2D eigenvalue weighted by Crippen LogP contribution is -2.09. The van der Waals surface area contributed by atoms with E-state index in [1.807, 2.05) is 0 Å². The Kier molecular flexibility index (Phi) is 3.32. The summed E-state index contributed by atoms with van der Waals surface area (Å²) in [6.45, 7) is 0. The van der Waals surface area contributed by atoms with Crippen LogP contribution in [0.5, 0.6) is 11.8 Å². The van der Waals surface area contributed by atoms with Gasteiger partial charge in [-0.05, 0) is 18.2 Å². The van der Waals surface area contributed by atoms with Gasteiger partial charge in [0.25, 0.3) is 0 Å². The van der Waals surface area contributed by atoms with Crippen LogP contribution >= 0.6 is 0 Å². The summed E-state index contributed by atoms with van der Waals surface area (Å²) in [5.74, 6) is -3.12. The molecule has 0 spiro atoms. The Hall–Kier alpha value is -2.25. The molecule has 0 saturated heterocycles. The lowest BCUT2D eigenvalue weighted by Gasteiger charge is -2.08. The lowest BCUT2D eigenvalue weighted by atomic mass is 10.3. The molecule has 0 aliphatic rings. The second-order valence-corrected chi connectivity index (χ2v) is 3.38. The van der Waals surface area contributed by atoms with Gasteiger partial charge in [0.05, 0.1) is 0 Å². The molecule has 100 valence electrons. The maximum Gasteiger partial charge on any atom is 0.433 e. The highest BCUT2D eigenvalue weighted by Crippen LogP contribution is 2.29. The van der Waals surface area contributed by atoms with Crippen LogP contribution in [-0.2, 0) is 6.18 Å². The molecule has 2 rings (SSSR count). The van der Waals surface area contributed by atoms with Crippen LogP contribution in [-0.4, -0.2) is 9.97 Å². The second-order valence-electron chi connectivity index (χ2n) is 3.38. The quantitative estimate of drug-likeness (QED) is 0.786. The molecule has 0 aliphatic heterocycles. The summed E-state index contributed by atoms with van der Waals surface area (Å²) in [7, 11) is 0. The molecule has 0 saturated carbocycles. The molecule has 3 nitrogen and oxygen atoms in total. The van der Waals surface area contributed by atoms with E-state index in [9.17, 15) is 22.0 Å². The van der Waals surface area contributed by atoms with E-state index in [1.165, 1.54) is 0 Å². The molecule has 1 aromatic carbocycles. The Balaban J connectivity index is 2.31. The molecule has 1 heterocycles. The molecule has 0 atom stereocenters. The van der Waals surface area contributed by atoms with Crippen LogP contribution in [0, 0.1) is 11.6 Å². The van der Waals surface area contributed by atoms with Gasteiger partial charge < -0.3 is 4.74 Å². The van der Waals surface area contributed by atoms with Crippen molar-refractivity contribution in [2.75, 3.05) is 0 Å². The fraction of sp³-hybridized carbons (Fsp3) is 0.0909. The predicted octanol–water partition coefficient (Wildman–Crippen LogP) is 3.57. The van der Waals surface area contributed by atoms with E-state index in [4.69, 9.17) is 0 Å². The van der Waals surface area contributed by atoms with Gasteiger partial charge in [0.2, 0.25) is 5.82 Å². The molecule has 0 amide bonds. The van der Waals surface area contributed by atoms with Gasteiger partial charge in [0.15, 0.2) is 17.3 Å². The second kappa shape index (κ2) is 4.79. The van der Waals surface area contributed by atoms with E-state index in [0.717, 1.165) is 24.4 Å². The smallest absolute Gasteiger partial charge is 0.421 e. The van der Waals surface area contributed by atoms with Crippen LogP contribution in [0.25, 0.3) is 0 Å². The number of rotatable bonds is 2. The number of aromatic nitrogens is 2. The molecular weight excluding hydrogens is 271 g/mol. The average molecular weight is 276 g/mol. The van der Waals surface area contributed by atoms with E-state index < -0.39 is 35.3 Å². The summed E-state index contributed by atoms with van der Waals surface area (Å²) in [5, 5.41) is 0. The molecule has 8 heteroatoms. The highest BCUT2D eigenvalue weighted by molar-refractivity contribution is 5.27. The van der Waals surface area contributed by atoms with Crippen LogP contribution in [0.1, 0.15) is 5.69 Å². The third-order valence-corrected chi connectivity index (χ3v) is 2.04. The van der Waals surface area contributed by atoms with Crippen molar-refractivity contribution in [2.45, 2.75) is 6.18 Å². The summed E-state index contributed by atoms with van der Waals surface area (Å²) in [5.41, 5.74) is -1.24. The van der Waals surface area contributed by atoms with Gasteiger partial charge in [-0.2, -0.15) is 22.5 Å². The van der Waals surface area contributed by atoms with E-state index >= 15 is 0 Å². The maximum atomic E-state index is 13.2. The van der Waals surface area contributed by atoms with Gasteiger partial charge in [0, 0.05) is 6.20 Å². The molecule has 1 aromatic heterocycles. The van der Waals surface area contributed by atoms with Crippen molar-refractivity contribution in [3.63, 3.8) is 0 Å². The van der Waals surface area contributed by atoms with Crippen molar-refractivity contribution in [1.82, 2.24) is 9.97 Å². The number of halogens is 5. The van der Waals surface area contributed by atoms with Crippen molar-refractivity contribution in [3.05, 3.63) is 47.8 Å². The highest BCUT2D eigenvalue weighted by Gasteiger charge is 2.33. The Morgan fingerprint density at radius 3 is 2.47 bits per heavy atom. The molecule has 0 fully saturated rings. The normalized spacial score (nSPS) is 11.4. The van der Waals surface area contributed by atoms with Crippen LogP contribution < -0.4 is 4.74 Å². The number of benzene rings is 1. The number of hydrogen-bond donors (Lipinski definition) is 0. The molecule has 19 heavy (non-hydrogen) atoms. The third kappa shape index (κ3) is 2.95. The highest BCUT2D eigenvalue weighted by atomic mass is 19.4. The third-order valence-electron chi connectivity index (χ3n) is 2.04. The lowest BCUT2D eigenvalue weighted by molar-refractivity contribution is -0.141. The molecule has 0 radical (unpaired) electrons. The van der Waals surface area contributed by atoms with Gasteiger partial charge in [0.1, 0.15) is 0 Å². The van der Waals surface area contributed by atoms with E-state index in [-0.39, 0.29) is 0 Å². The summed E-state index contributed by atoms with van der Waals surface area (Å²) >= 11 is 0. The van der Waals surface area contributed by atoms with Crippen molar-refractivity contribution >= 4 is 0 Å². The topological polar surface area (TPSA) is 35.0 Å². The summed E-state index contributed by atoms with van der Waals surface area (Å²) in [6.07, 6.45) is -3.87. The fourth-order valence-corrected chi connectivity index (χ4v) is 1.21. The van der Waals surface area contributed by atoms with Gasteiger partial charge in [-0.15, -0.1) is 0 Å². The first kappa shape index (κ1) is 13.2. The SMILES string of the molecule is Fc1cccc(Oc2nccc(C(F)(F)F)n2)c1F. The van der Waals surface area contributed by atoms with Gasteiger partial charge >= 0.3 is 12.2 Å². The van der Waals surface area contributed by atoms with Gasteiger partial charge in [-0.3, -0.25) is 0 Å². The number of hydrogen-bond acceptors (Lipinski definition) is 3. The zero-order valence-corrected chi connectivity index (χ0v) is 9.08. The van der Waals surface area contributed by atoms with E-state index in [0.29, 0.717) is 6.07 Å². The van der Waals surface area contributed by atoms with Crippen molar-refractivity contribution < 1.29 is 26.7 Å². The van der Waals surface area contributed by atoms with E-state index in [2.05, 4.69) is 14.7 Å². The molecule has 0 bridgehead atoms. The molecule has 0 N–H and O–H groups in total. The number of alkyl halides is 3. The van der Waals surface area contributed by atoms with Crippen molar-refractivity contribution in [3.8, 4) is 11.8 Å². The summed E-state index contributed by atoms with van der Waals surface area (Å²) < 4.78 is 67.9. The molecular formula is C11H5F5N2O. The first-order chi connectivity index (χ1) is 8.88. The molecule has 2 aromatic rings. The Labute approximate surface area is 103 Å². The minimum absolute atomic E-state index is 0.598. The van der Waals surface area contributed by atoms with Crippen molar-refractivity contribution in [2.24, 2.45) is 0 Å². The van der Waals surface area contributed by atoms with Crippen molar-refractivity contribution in [1.29, 1.82) is 0 Å². The Morgan fingerprint density at radius 2 is 1.79 bits per heavy atom. The largest absolute Gasteiger partial charge is 0.433 e. The monoisotopic (exact) mass is 276 g/mol. The Morgan fingerprint density at radius 1 is 1.05 bits per heavy atom. The van der Waals surface area contributed by atoms with Gasteiger partial charge in [-0.1, -0.05) is 6.07 Å². The fourth-order valence-electron chi connectivity index (χ4n) is 1.21. The van der Waals surface area contributed by atoms with Crippen LogP contribution in [0.2, 0.25) is 0 Å². The molecule has 0 aliphatic carbocycles. The maximum absolute atomic E-state index is 13.2. The average Bonchev–Trinajstić information content (AvgIpc) is 2.34. The zero-order valence-electron chi connectivity index (χ0n) is 9.08. The van der Waals surface area contributed by atoms with Gasteiger partial charge in [-0.25, -0.2) is 9.37 Å².